The van der Waals surface area contributed by atoms with Gasteiger partial charge in [-0.1, -0.05) is 39.0 Å². The Kier molecular flexibility index (Phi) is 11.8. The van der Waals surface area contributed by atoms with Crippen LogP contribution in [0.1, 0.15) is 48.8 Å². The summed E-state index contributed by atoms with van der Waals surface area (Å²) in [5.41, 5.74) is 5.96. The molecule has 1 fully saturated rings. The van der Waals surface area contributed by atoms with Crippen molar-refractivity contribution in [1.82, 2.24) is 20.6 Å². The summed E-state index contributed by atoms with van der Waals surface area (Å²) in [6.45, 7) is 11.1. The van der Waals surface area contributed by atoms with Crippen molar-refractivity contribution in [2.45, 2.75) is 46.8 Å². The standard InChI is InChI=1S/C28H33N5O3S.C2H6/c1-4-33-14-13-26(24(16-33)28(37-3)32-29-18-34)31-27(35)20-9-11-22(12-10-20)36-17-21-15-19(2)30-25-8-6-5-7-23(21)25;1-2/h5-12,15,18,24,26H,4,13-14,16-17H2,1-3H3,(H,29,34)(H,31,35);1-2H3/b32-28-;. The number of rotatable bonds is 9. The molecular formula is C30H39N5O3S. The Morgan fingerprint density at radius 1 is 1.21 bits per heavy atom. The van der Waals surface area contributed by atoms with Gasteiger partial charge in [-0.15, -0.1) is 11.8 Å². The van der Waals surface area contributed by atoms with E-state index in [1.54, 1.807) is 12.1 Å². The maximum absolute atomic E-state index is 13.1. The number of fused-ring (bicyclic) bond motifs is 1. The van der Waals surface area contributed by atoms with Crippen molar-refractivity contribution >= 4 is 40.0 Å². The third-order valence-electron chi connectivity index (χ3n) is 6.66. The van der Waals surface area contributed by atoms with E-state index in [1.165, 1.54) is 11.8 Å². The molecule has 2 N–H and O–H groups in total. The molecule has 3 aromatic rings. The number of nitrogens with zero attached hydrogens (tertiary/aromatic N) is 3. The molecule has 2 amide bonds. The molecule has 9 heteroatoms. The number of amides is 2. The summed E-state index contributed by atoms with van der Waals surface area (Å²) in [4.78, 5) is 30.8. The molecule has 1 aliphatic rings. The first kappa shape index (κ1) is 30.1. The summed E-state index contributed by atoms with van der Waals surface area (Å²) in [7, 11) is 0. The molecule has 4 rings (SSSR count). The minimum atomic E-state index is -0.133. The number of nitrogens with one attached hydrogen (secondary N) is 2. The van der Waals surface area contributed by atoms with E-state index in [-0.39, 0.29) is 17.9 Å². The van der Waals surface area contributed by atoms with E-state index < -0.39 is 0 Å². The molecule has 0 aliphatic carbocycles. The molecule has 0 radical (unpaired) electrons. The SMILES string of the molecule is CC.CCN1CCC(NC(=O)c2ccc(OCc3cc(C)nc4ccccc34)cc2)C(/C(=N/NC=O)SC)C1. The predicted octanol–water partition coefficient (Wildman–Crippen LogP) is 5.01. The second kappa shape index (κ2) is 15.2. The van der Waals surface area contributed by atoms with Gasteiger partial charge in [0.25, 0.3) is 5.91 Å². The Balaban J connectivity index is 0.00000205. The molecule has 8 nitrogen and oxygen atoms in total. The van der Waals surface area contributed by atoms with Gasteiger partial charge < -0.3 is 15.0 Å². The maximum Gasteiger partial charge on any atom is 0.251 e. The normalized spacial score (nSPS) is 17.6. The number of para-hydroxylation sites is 1. The maximum atomic E-state index is 13.1. The lowest BCUT2D eigenvalue weighted by molar-refractivity contribution is -0.109. The molecule has 39 heavy (non-hydrogen) atoms. The van der Waals surface area contributed by atoms with Crippen LogP contribution in [-0.2, 0) is 11.4 Å². The molecule has 2 heterocycles. The van der Waals surface area contributed by atoms with Crippen LogP contribution in [0, 0.1) is 12.8 Å². The summed E-state index contributed by atoms with van der Waals surface area (Å²) >= 11 is 1.49. The zero-order valence-corrected chi connectivity index (χ0v) is 24.3. The molecule has 2 unspecified atom stereocenters. The number of pyridine rings is 1. The number of aromatic nitrogens is 1. The fourth-order valence-electron chi connectivity index (χ4n) is 4.73. The lowest BCUT2D eigenvalue weighted by Gasteiger charge is -2.38. The first-order valence-electron chi connectivity index (χ1n) is 13.4. The van der Waals surface area contributed by atoms with E-state index in [1.807, 2.05) is 69.5 Å². The van der Waals surface area contributed by atoms with Gasteiger partial charge in [-0.25, -0.2) is 5.43 Å². The van der Waals surface area contributed by atoms with Gasteiger partial charge in [-0.3, -0.25) is 14.6 Å². The van der Waals surface area contributed by atoms with E-state index in [0.717, 1.165) is 53.3 Å². The fourth-order valence-corrected chi connectivity index (χ4v) is 5.41. The molecule has 0 spiro atoms. The Bertz CT molecular complexity index is 1270. The van der Waals surface area contributed by atoms with Gasteiger partial charge in [-0.2, -0.15) is 5.10 Å². The van der Waals surface area contributed by atoms with E-state index in [9.17, 15) is 9.59 Å². The molecule has 0 saturated carbocycles. The van der Waals surface area contributed by atoms with Gasteiger partial charge in [0, 0.05) is 47.3 Å². The van der Waals surface area contributed by atoms with Gasteiger partial charge in [0.15, 0.2) is 0 Å². The molecule has 1 aliphatic heterocycles. The number of piperidine rings is 1. The van der Waals surface area contributed by atoms with Crippen molar-refractivity contribution < 1.29 is 14.3 Å². The second-order valence-electron chi connectivity index (χ2n) is 9.02. The predicted molar refractivity (Wildman–Crippen MR) is 160 cm³/mol. The quantitative estimate of drug-likeness (QED) is 0.169. The fraction of sp³-hybridized carbons (Fsp3) is 0.400. The van der Waals surface area contributed by atoms with Gasteiger partial charge in [0.05, 0.1) is 10.6 Å². The number of thioether (sulfide) groups is 1. The minimum Gasteiger partial charge on any atom is -0.489 e. The highest BCUT2D eigenvalue weighted by Crippen LogP contribution is 2.24. The smallest absolute Gasteiger partial charge is 0.251 e. The highest BCUT2D eigenvalue weighted by Gasteiger charge is 2.33. The van der Waals surface area contributed by atoms with Gasteiger partial charge in [-0.05, 0) is 62.5 Å². The second-order valence-corrected chi connectivity index (χ2v) is 9.85. The zero-order valence-electron chi connectivity index (χ0n) is 23.4. The lowest BCUT2D eigenvalue weighted by Crippen LogP contribution is -2.53. The van der Waals surface area contributed by atoms with Crippen LogP contribution in [0.2, 0.25) is 0 Å². The first-order valence-corrected chi connectivity index (χ1v) is 14.7. The van der Waals surface area contributed by atoms with Crippen molar-refractivity contribution in [3.8, 4) is 5.75 Å². The Morgan fingerprint density at radius 3 is 2.64 bits per heavy atom. The average molecular weight is 550 g/mol. The summed E-state index contributed by atoms with van der Waals surface area (Å²) in [6, 6.07) is 17.2. The average Bonchev–Trinajstić information content (AvgIpc) is 2.98. The van der Waals surface area contributed by atoms with Gasteiger partial charge >= 0.3 is 0 Å². The van der Waals surface area contributed by atoms with E-state index in [0.29, 0.717) is 24.3 Å². The number of hydrogen-bond acceptors (Lipinski definition) is 7. The van der Waals surface area contributed by atoms with E-state index in [4.69, 9.17) is 4.74 Å². The number of hydrazone groups is 1. The molecule has 2 atom stereocenters. The van der Waals surface area contributed by atoms with E-state index in [2.05, 4.69) is 32.7 Å². The molecule has 0 bridgehead atoms. The van der Waals surface area contributed by atoms with Crippen LogP contribution in [0.3, 0.4) is 0 Å². The molecule has 1 saturated heterocycles. The van der Waals surface area contributed by atoms with Gasteiger partial charge in [0.1, 0.15) is 12.4 Å². The number of carbonyl (C=O) groups is 2. The van der Waals surface area contributed by atoms with Crippen LogP contribution >= 0.6 is 11.8 Å². The largest absolute Gasteiger partial charge is 0.489 e. The number of hydrogen-bond donors (Lipinski definition) is 2. The van der Waals surface area contributed by atoms with Crippen molar-refractivity contribution in [2.24, 2.45) is 11.0 Å². The van der Waals surface area contributed by atoms with Crippen LogP contribution in [-0.4, -0.2) is 59.2 Å². The Hall–Kier alpha value is -3.43. The van der Waals surface area contributed by atoms with Crippen molar-refractivity contribution in [2.75, 3.05) is 25.9 Å². The Morgan fingerprint density at radius 2 is 1.95 bits per heavy atom. The van der Waals surface area contributed by atoms with Crippen molar-refractivity contribution in [1.29, 1.82) is 0 Å². The number of likely N-dealkylation sites (tertiary alicyclic amines) is 1. The van der Waals surface area contributed by atoms with E-state index >= 15 is 0 Å². The lowest BCUT2D eigenvalue weighted by atomic mass is 9.92. The highest BCUT2D eigenvalue weighted by molar-refractivity contribution is 8.13. The summed E-state index contributed by atoms with van der Waals surface area (Å²) in [5.74, 6) is 0.563. The number of ether oxygens (including phenoxy) is 1. The Labute approximate surface area is 235 Å². The minimum absolute atomic E-state index is 0.00125. The summed E-state index contributed by atoms with van der Waals surface area (Å²) < 4.78 is 6.05. The van der Waals surface area contributed by atoms with Crippen LogP contribution in [0.25, 0.3) is 10.9 Å². The van der Waals surface area contributed by atoms with Crippen LogP contribution in [0.5, 0.6) is 5.75 Å². The van der Waals surface area contributed by atoms with Crippen molar-refractivity contribution in [3.05, 3.63) is 71.4 Å². The third-order valence-corrected chi connectivity index (χ3v) is 7.47. The number of carbonyl (C=O) groups excluding carboxylic acids is 2. The molecular weight excluding hydrogens is 510 g/mol. The van der Waals surface area contributed by atoms with Crippen LogP contribution in [0.15, 0.2) is 59.7 Å². The zero-order chi connectivity index (χ0) is 28.2. The number of aryl methyl sites for hydroxylation is 1. The van der Waals surface area contributed by atoms with Gasteiger partial charge in [0.2, 0.25) is 6.41 Å². The molecule has 2 aromatic carbocycles. The summed E-state index contributed by atoms with van der Waals surface area (Å²) in [6.07, 6.45) is 3.31. The van der Waals surface area contributed by atoms with Crippen molar-refractivity contribution in [3.63, 3.8) is 0 Å². The monoisotopic (exact) mass is 549 g/mol. The molecule has 1 aromatic heterocycles. The highest BCUT2D eigenvalue weighted by atomic mass is 32.2. The third kappa shape index (κ3) is 8.03. The topological polar surface area (TPSA) is 95.9 Å². The number of benzene rings is 2. The van der Waals surface area contributed by atoms with Crippen LogP contribution in [0.4, 0.5) is 0 Å². The first-order chi connectivity index (χ1) is 19.0. The molecule has 208 valence electrons. The summed E-state index contributed by atoms with van der Waals surface area (Å²) in [5, 5.41) is 9.31. The van der Waals surface area contributed by atoms with Crippen LogP contribution < -0.4 is 15.5 Å².